The molecule has 1 aromatic heterocycles. The molecular weight excluding hydrogens is 378 g/mol. The summed E-state index contributed by atoms with van der Waals surface area (Å²) >= 11 is 1.44. The van der Waals surface area contributed by atoms with Gasteiger partial charge in [0.2, 0.25) is 0 Å². The van der Waals surface area contributed by atoms with Crippen LogP contribution in [0.3, 0.4) is 0 Å². The summed E-state index contributed by atoms with van der Waals surface area (Å²) in [5, 5.41) is 3.38. The molecule has 1 atom stereocenters. The van der Waals surface area contributed by atoms with E-state index < -0.39 is 5.91 Å². The van der Waals surface area contributed by atoms with Crippen molar-refractivity contribution in [1.29, 1.82) is 0 Å². The molecule has 7 nitrogen and oxygen atoms in total. The van der Waals surface area contributed by atoms with Crippen LogP contribution in [-0.2, 0) is 13.0 Å². The molecule has 0 saturated heterocycles. The average Bonchev–Trinajstić information content (AvgIpc) is 3.04. The summed E-state index contributed by atoms with van der Waals surface area (Å²) in [6.07, 6.45) is 0.778. The number of primary amides is 1. The fourth-order valence-corrected chi connectivity index (χ4v) is 4.76. The third kappa shape index (κ3) is 3.98. The van der Waals surface area contributed by atoms with Gasteiger partial charge in [-0.2, -0.15) is 0 Å². The van der Waals surface area contributed by atoms with Crippen molar-refractivity contribution >= 4 is 28.2 Å². The van der Waals surface area contributed by atoms with Crippen LogP contribution in [0.25, 0.3) is 0 Å². The van der Waals surface area contributed by atoms with E-state index in [2.05, 4.69) is 19.2 Å². The number of carbonyl (C=O) groups excluding carboxylic acids is 2. The Labute approximate surface area is 168 Å². The van der Waals surface area contributed by atoms with E-state index in [1.165, 1.54) is 30.5 Å². The van der Waals surface area contributed by atoms with Gasteiger partial charge >= 0.3 is 0 Å². The van der Waals surface area contributed by atoms with Crippen LogP contribution in [0.15, 0.2) is 18.2 Å². The Hall–Kier alpha value is -2.58. The first kappa shape index (κ1) is 20.2. The number of hydrogen-bond acceptors (Lipinski definition) is 5. The minimum Gasteiger partial charge on any atom is -0.497 e. The minimum atomic E-state index is -0.510. The number of thiophene rings is 1. The number of hydrogen-bond donors (Lipinski definition) is 3. The Morgan fingerprint density at radius 3 is 2.36 bits per heavy atom. The maximum absolute atomic E-state index is 12.8. The highest BCUT2D eigenvalue weighted by Crippen LogP contribution is 2.35. The molecule has 1 aliphatic heterocycles. The number of rotatable bonds is 6. The normalized spacial score (nSPS) is 15.8. The molecule has 2 amide bonds. The van der Waals surface area contributed by atoms with Crippen LogP contribution in [0.2, 0.25) is 0 Å². The van der Waals surface area contributed by atoms with Crippen LogP contribution >= 0.6 is 11.3 Å². The number of amides is 2. The molecule has 1 unspecified atom stereocenters. The summed E-state index contributed by atoms with van der Waals surface area (Å²) < 4.78 is 10.5. The molecule has 4 N–H and O–H groups in total. The van der Waals surface area contributed by atoms with Gasteiger partial charge in [-0.25, -0.2) is 0 Å². The zero-order valence-corrected chi connectivity index (χ0v) is 17.4. The summed E-state index contributed by atoms with van der Waals surface area (Å²) in [7, 11) is 3.05. The Balaban J connectivity index is 1.92. The largest absolute Gasteiger partial charge is 0.497 e. The van der Waals surface area contributed by atoms with Crippen molar-refractivity contribution in [3.63, 3.8) is 0 Å². The van der Waals surface area contributed by atoms with Crippen LogP contribution in [0.4, 0.5) is 5.00 Å². The lowest BCUT2D eigenvalue weighted by atomic mass is 10.0. The molecule has 28 heavy (non-hydrogen) atoms. The third-order valence-corrected chi connectivity index (χ3v) is 6.23. The Morgan fingerprint density at radius 2 is 1.82 bits per heavy atom. The van der Waals surface area contributed by atoms with Gasteiger partial charge in [0, 0.05) is 18.1 Å². The van der Waals surface area contributed by atoms with E-state index in [1.807, 2.05) is 0 Å². The predicted octanol–water partition coefficient (Wildman–Crippen LogP) is 1.47. The smallest absolute Gasteiger partial charge is 0.256 e. The summed E-state index contributed by atoms with van der Waals surface area (Å²) in [6, 6.07) is 5.44. The van der Waals surface area contributed by atoms with Crippen LogP contribution in [-0.4, -0.2) is 38.6 Å². The van der Waals surface area contributed by atoms with Gasteiger partial charge in [-0.1, -0.05) is 0 Å². The zero-order valence-electron chi connectivity index (χ0n) is 16.5. The van der Waals surface area contributed by atoms with Crippen molar-refractivity contribution < 1.29 is 24.0 Å². The number of carbonyl (C=O) groups is 2. The van der Waals surface area contributed by atoms with E-state index in [1.54, 1.807) is 18.2 Å². The number of anilines is 1. The second kappa shape index (κ2) is 8.20. The molecule has 8 heteroatoms. The quantitative estimate of drug-likeness (QED) is 0.679. The zero-order chi connectivity index (χ0) is 20.4. The minimum absolute atomic E-state index is 0.341. The van der Waals surface area contributed by atoms with E-state index in [0.29, 0.717) is 33.7 Å². The van der Waals surface area contributed by atoms with Crippen LogP contribution in [0, 0.1) is 0 Å². The fraction of sp³-hybridized carbons (Fsp3) is 0.400. The molecule has 0 bridgehead atoms. The summed E-state index contributed by atoms with van der Waals surface area (Å²) in [4.78, 5) is 27.5. The number of fused-ring (bicyclic) bond motifs is 1. The summed E-state index contributed by atoms with van der Waals surface area (Å²) in [5.41, 5.74) is 7.44. The molecule has 0 saturated carbocycles. The van der Waals surface area contributed by atoms with Gasteiger partial charge in [0.15, 0.2) is 0 Å². The molecule has 0 radical (unpaired) electrons. The molecule has 3 rings (SSSR count). The standard InChI is InChI=1S/C20H25N3O4S/c1-11(2)23-6-5-15-16(10-23)28-20(17(15)18(21)24)22-19(25)12-7-13(26-3)9-14(8-12)27-4/h7-9,11H,5-6,10H2,1-4H3,(H2,21,24)(H,22,25)/p+1. The lowest BCUT2D eigenvalue weighted by Crippen LogP contribution is -3.14. The second-order valence-corrected chi connectivity index (χ2v) is 8.22. The van der Waals surface area contributed by atoms with Gasteiger partial charge < -0.3 is 25.4 Å². The number of ether oxygens (including phenoxy) is 2. The number of nitrogens with one attached hydrogen (secondary N) is 2. The molecule has 2 heterocycles. The van der Waals surface area contributed by atoms with Gasteiger partial charge in [-0.05, 0) is 31.5 Å². The second-order valence-electron chi connectivity index (χ2n) is 7.12. The first-order valence-corrected chi connectivity index (χ1v) is 9.99. The number of quaternary nitrogens is 1. The van der Waals surface area contributed by atoms with E-state index in [-0.39, 0.29) is 5.91 Å². The van der Waals surface area contributed by atoms with Crippen molar-refractivity contribution in [2.45, 2.75) is 32.9 Å². The van der Waals surface area contributed by atoms with Crippen LogP contribution in [0.1, 0.15) is 45.0 Å². The summed E-state index contributed by atoms with van der Waals surface area (Å²) in [5.74, 6) is 0.179. The van der Waals surface area contributed by atoms with E-state index in [0.717, 1.165) is 30.0 Å². The molecule has 1 aliphatic rings. The Bertz CT molecular complexity index is 885. The Morgan fingerprint density at radius 1 is 1.18 bits per heavy atom. The molecule has 0 spiro atoms. The highest BCUT2D eigenvalue weighted by Gasteiger charge is 2.30. The van der Waals surface area contributed by atoms with Crippen molar-refractivity contribution in [2.75, 3.05) is 26.1 Å². The SMILES string of the molecule is COc1cc(OC)cc(C(=O)Nc2sc3c(c2C(N)=O)CC[NH+](C(C)C)C3)c1. The van der Waals surface area contributed by atoms with Gasteiger partial charge in [0.1, 0.15) is 23.0 Å². The molecule has 2 aromatic rings. The van der Waals surface area contributed by atoms with Gasteiger partial charge in [-0.15, -0.1) is 11.3 Å². The maximum Gasteiger partial charge on any atom is 0.256 e. The first-order valence-electron chi connectivity index (χ1n) is 9.17. The molecule has 0 aliphatic carbocycles. The topological polar surface area (TPSA) is 95.1 Å². The van der Waals surface area contributed by atoms with Crippen LogP contribution in [0.5, 0.6) is 11.5 Å². The lowest BCUT2D eigenvalue weighted by Gasteiger charge is -2.27. The fourth-order valence-electron chi connectivity index (χ4n) is 3.45. The van der Waals surface area contributed by atoms with E-state index in [9.17, 15) is 9.59 Å². The predicted molar refractivity (Wildman–Crippen MR) is 109 cm³/mol. The number of benzene rings is 1. The highest BCUT2D eigenvalue weighted by atomic mass is 32.1. The van der Waals surface area contributed by atoms with Crippen molar-refractivity contribution in [2.24, 2.45) is 5.73 Å². The first-order chi connectivity index (χ1) is 13.3. The highest BCUT2D eigenvalue weighted by molar-refractivity contribution is 7.17. The Kier molecular flexibility index (Phi) is 5.90. The van der Waals surface area contributed by atoms with Gasteiger partial charge in [0.25, 0.3) is 11.8 Å². The average molecular weight is 405 g/mol. The van der Waals surface area contributed by atoms with Crippen molar-refractivity contribution in [3.05, 3.63) is 39.8 Å². The monoisotopic (exact) mass is 404 g/mol. The molecular formula is C20H26N3O4S+. The third-order valence-electron chi connectivity index (χ3n) is 5.08. The van der Waals surface area contributed by atoms with E-state index >= 15 is 0 Å². The molecule has 1 aromatic carbocycles. The number of nitrogens with two attached hydrogens (primary N) is 1. The van der Waals surface area contributed by atoms with E-state index in [4.69, 9.17) is 15.2 Å². The van der Waals surface area contributed by atoms with Crippen molar-refractivity contribution in [3.8, 4) is 11.5 Å². The summed E-state index contributed by atoms with van der Waals surface area (Å²) in [6.45, 7) is 6.15. The van der Waals surface area contributed by atoms with Gasteiger partial charge in [-0.3, -0.25) is 9.59 Å². The van der Waals surface area contributed by atoms with Crippen LogP contribution < -0.4 is 25.4 Å². The molecule has 0 fully saturated rings. The van der Waals surface area contributed by atoms with Crippen molar-refractivity contribution in [1.82, 2.24) is 0 Å². The maximum atomic E-state index is 12.8. The van der Waals surface area contributed by atoms with Gasteiger partial charge in [0.05, 0.1) is 37.2 Å². The molecule has 150 valence electrons. The lowest BCUT2D eigenvalue weighted by molar-refractivity contribution is -0.936. The number of methoxy groups -OCH3 is 2.